The smallest absolute Gasteiger partial charge is 0.328 e. The van der Waals surface area contributed by atoms with Crippen molar-refractivity contribution in [2.75, 3.05) is 18.1 Å². The minimum atomic E-state index is -1.62. The van der Waals surface area contributed by atoms with Gasteiger partial charge in [0.2, 0.25) is 0 Å². The van der Waals surface area contributed by atoms with Crippen molar-refractivity contribution in [3.63, 3.8) is 0 Å². The van der Waals surface area contributed by atoms with Crippen LogP contribution in [0.15, 0.2) is 24.3 Å². The number of rotatable bonds is 8. The molecule has 0 saturated carbocycles. The second-order valence-corrected chi connectivity index (χ2v) is 6.09. The van der Waals surface area contributed by atoms with E-state index in [0.29, 0.717) is 11.3 Å². The lowest BCUT2D eigenvalue weighted by atomic mass is 9.76. The number of carbonyl (C=O) groups excluding carboxylic acids is 1. The molecule has 1 unspecified atom stereocenters. The first-order valence-electron chi connectivity index (χ1n) is 7.05. The predicted octanol–water partition coefficient (Wildman–Crippen LogP) is 3.02. The highest BCUT2D eigenvalue weighted by molar-refractivity contribution is 7.99. The van der Waals surface area contributed by atoms with Gasteiger partial charge in [0.1, 0.15) is 0 Å². The molecule has 0 saturated heterocycles. The maximum atomic E-state index is 12.4. The second-order valence-electron chi connectivity index (χ2n) is 4.69. The average Bonchev–Trinajstić information content (AvgIpc) is 2.44. The number of aliphatic carboxylic acids is 1. The molecular weight excluding hydrogens is 288 g/mol. The molecule has 116 valence electrons. The molecule has 0 bridgehead atoms. The van der Waals surface area contributed by atoms with E-state index in [-0.39, 0.29) is 13.0 Å². The fraction of sp³-hybridized carbons (Fsp3) is 0.500. The first kappa shape index (κ1) is 17.6. The summed E-state index contributed by atoms with van der Waals surface area (Å²) in [6.07, 6.45) is 0.227. The van der Waals surface area contributed by atoms with Crippen LogP contribution >= 0.6 is 11.8 Å². The molecule has 0 radical (unpaired) electrons. The summed E-state index contributed by atoms with van der Waals surface area (Å²) in [6, 6.07) is 7.11. The van der Waals surface area contributed by atoms with Gasteiger partial charge in [-0.15, -0.1) is 0 Å². The Kier molecular flexibility index (Phi) is 6.75. The summed E-state index contributed by atoms with van der Waals surface area (Å²) in [6.45, 7) is 5.67. The molecule has 0 aliphatic carbocycles. The second kappa shape index (κ2) is 8.08. The lowest BCUT2D eigenvalue weighted by Gasteiger charge is -2.29. The van der Waals surface area contributed by atoms with E-state index in [9.17, 15) is 14.7 Å². The Morgan fingerprint density at radius 1 is 1.29 bits per heavy atom. The third-order valence-corrected chi connectivity index (χ3v) is 4.32. The van der Waals surface area contributed by atoms with Crippen LogP contribution in [0.5, 0.6) is 0 Å². The number of aryl methyl sites for hydroxylation is 1. The molecule has 0 aliphatic heterocycles. The van der Waals surface area contributed by atoms with Gasteiger partial charge in [0.05, 0.1) is 6.61 Å². The Hall–Kier alpha value is -1.49. The number of carbonyl (C=O) groups is 2. The fourth-order valence-electron chi connectivity index (χ4n) is 2.33. The average molecular weight is 310 g/mol. The van der Waals surface area contributed by atoms with Crippen LogP contribution in [0.3, 0.4) is 0 Å². The van der Waals surface area contributed by atoms with Crippen molar-refractivity contribution in [1.29, 1.82) is 0 Å². The summed E-state index contributed by atoms with van der Waals surface area (Å²) in [7, 11) is 0. The van der Waals surface area contributed by atoms with Crippen molar-refractivity contribution in [3.05, 3.63) is 35.4 Å². The van der Waals surface area contributed by atoms with Gasteiger partial charge in [-0.1, -0.05) is 31.2 Å². The zero-order valence-corrected chi connectivity index (χ0v) is 13.5. The molecule has 1 aromatic rings. The van der Waals surface area contributed by atoms with Crippen molar-refractivity contribution in [2.45, 2.75) is 32.6 Å². The highest BCUT2D eigenvalue weighted by Gasteiger charge is 2.49. The van der Waals surface area contributed by atoms with Gasteiger partial charge in [0.25, 0.3) is 0 Å². The van der Waals surface area contributed by atoms with Gasteiger partial charge in [0.15, 0.2) is 5.41 Å². The molecule has 1 atom stereocenters. The SMILES string of the molecule is CCOC(=O)C(CCSCC)(C(=O)O)c1ccccc1C. The topological polar surface area (TPSA) is 63.6 Å². The Morgan fingerprint density at radius 2 is 1.95 bits per heavy atom. The maximum Gasteiger partial charge on any atom is 0.328 e. The number of hydrogen-bond acceptors (Lipinski definition) is 4. The predicted molar refractivity (Wildman–Crippen MR) is 84.7 cm³/mol. The van der Waals surface area contributed by atoms with Gasteiger partial charge < -0.3 is 9.84 Å². The van der Waals surface area contributed by atoms with Crippen LogP contribution in [-0.4, -0.2) is 35.2 Å². The third kappa shape index (κ3) is 3.79. The summed E-state index contributed by atoms with van der Waals surface area (Å²) in [5.74, 6) is -0.349. The molecule has 21 heavy (non-hydrogen) atoms. The van der Waals surface area contributed by atoms with Crippen LogP contribution in [0, 0.1) is 6.92 Å². The third-order valence-electron chi connectivity index (χ3n) is 3.42. The molecule has 0 aliphatic rings. The van der Waals surface area contributed by atoms with E-state index in [1.165, 1.54) is 0 Å². The highest BCUT2D eigenvalue weighted by atomic mass is 32.2. The van der Waals surface area contributed by atoms with E-state index in [2.05, 4.69) is 0 Å². The van der Waals surface area contributed by atoms with Crippen molar-refractivity contribution in [2.24, 2.45) is 0 Å². The van der Waals surface area contributed by atoms with Crippen molar-refractivity contribution >= 4 is 23.7 Å². The molecule has 1 aromatic carbocycles. The Balaban J connectivity index is 3.33. The molecule has 0 aromatic heterocycles. The molecule has 0 amide bonds. The van der Waals surface area contributed by atoms with Gasteiger partial charge in [-0.2, -0.15) is 11.8 Å². The van der Waals surface area contributed by atoms with E-state index in [0.717, 1.165) is 11.3 Å². The minimum Gasteiger partial charge on any atom is -0.480 e. The molecule has 0 heterocycles. The Bertz CT molecular complexity index is 501. The van der Waals surface area contributed by atoms with Gasteiger partial charge in [0, 0.05) is 0 Å². The van der Waals surface area contributed by atoms with Gasteiger partial charge in [-0.3, -0.25) is 9.59 Å². The van der Waals surface area contributed by atoms with Gasteiger partial charge in [-0.25, -0.2) is 0 Å². The highest BCUT2D eigenvalue weighted by Crippen LogP contribution is 2.34. The summed E-state index contributed by atoms with van der Waals surface area (Å²) >= 11 is 1.62. The summed E-state index contributed by atoms with van der Waals surface area (Å²) in [5.41, 5.74) is -0.314. The molecule has 4 nitrogen and oxygen atoms in total. The molecule has 1 N–H and O–H groups in total. The van der Waals surface area contributed by atoms with Crippen LogP contribution in [0.25, 0.3) is 0 Å². The number of esters is 1. The normalized spacial score (nSPS) is 13.5. The van der Waals surface area contributed by atoms with E-state index in [4.69, 9.17) is 4.74 Å². The number of benzene rings is 1. The van der Waals surface area contributed by atoms with Crippen LogP contribution in [-0.2, 0) is 19.7 Å². The van der Waals surface area contributed by atoms with E-state index >= 15 is 0 Å². The number of thioether (sulfide) groups is 1. The zero-order valence-electron chi connectivity index (χ0n) is 12.7. The van der Waals surface area contributed by atoms with Crippen LogP contribution < -0.4 is 0 Å². The summed E-state index contributed by atoms with van der Waals surface area (Å²) < 4.78 is 5.08. The lowest BCUT2D eigenvalue weighted by Crippen LogP contribution is -2.46. The summed E-state index contributed by atoms with van der Waals surface area (Å²) in [5, 5.41) is 9.79. The first-order valence-corrected chi connectivity index (χ1v) is 8.20. The Labute approximate surface area is 129 Å². The van der Waals surface area contributed by atoms with E-state index in [1.54, 1.807) is 30.8 Å². The van der Waals surface area contributed by atoms with E-state index in [1.807, 2.05) is 26.0 Å². The monoisotopic (exact) mass is 310 g/mol. The van der Waals surface area contributed by atoms with Gasteiger partial charge >= 0.3 is 11.9 Å². The molecular formula is C16H22O4S. The maximum absolute atomic E-state index is 12.4. The number of ether oxygens (including phenoxy) is 1. The molecule has 1 rings (SSSR count). The number of carboxylic acids is 1. The number of hydrogen-bond donors (Lipinski definition) is 1. The lowest BCUT2D eigenvalue weighted by molar-refractivity contribution is -0.161. The zero-order chi connectivity index (χ0) is 15.9. The van der Waals surface area contributed by atoms with Crippen LogP contribution in [0.4, 0.5) is 0 Å². The minimum absolute atomic E-state index is 0.167. The fourth-order valence-corrected chi connectivity index (χ4v) is 3.07. The molecule has 5 heteroatoms. The number of carboxylic acid groups (broad SMARTS) is 1. The molecule has 0 spiro atoms. The van der Waals surface area contributed by atoms with Gasteiger partial charge in [-0.05, 0) is 42.9 Å². The van der Waals surface area contributed by atoms with Crippen molar-refractivity contribution < 1.29 is 19.4 Å². The first-order chi connectivity index (χ1) is 10.0. The molecule has 0 fully saturated rings. The van der Waals surface area contributed by atoms with Crippen LogP contribution in [0.2, 0.25) is 0 Å². The summed E-state index contributed by atoms with van der Waals surface area (Å²) in [4.78, 5) is 24.4. The van der Waals surface area contributed by atoms with E-state index < -0.39 is 17.4 Å². The largest absolute Gasteiger partial charge is 0.480 e. The quantitative estimate of drug-likeness (QED) is 0.454. The van der Waals surface area contributed by atoms with Crippen LogP contribution in [0.1, 0.15) is 31.4 Å². The van der Waals surface area contributed by atoms with Crippen molar-refractivity contribution in [1.82, 2.24) is 0 Å². The van der Waals surface area contributed by atoms with Crippen molar-refractivity contribution in [3.8, 4) is 0 Å². The standard InChI is InChI=1S/C16H22O4S/c1-4-20-15(19)16(14(17)18,10-11-21-5-2)13-9-7-6-8-12(13)3/h6-9H,4-5,10-11H2,1-3H3,(H,17,18). The Morgan fingerprint density at radius 3 is 2.48 bits per heavy atom.